The predicted molar refractivity (Wildman–Crippen MR) is 103 cm³/mol. The topological polar surface area (TPSA) is 67.9 Å². The molecular weight excluding hydrogens is 344 g/mol. The molecule has 0 aromatic heterocycles. The number of ether oxygens (including phenoxy) is 2. The molecule has 6 nitrogen and oxygen atoms in total. The molecule has 1 fully saturated rings. The van der Waals surface area contributed by atoms with Gasteiger partial charge < -0.3 is 19.7 Å². The van der Waals surface area contributed by atoms with E-state index in [0.717, 1.165) is 29.8 Å². The first-order valence-corrected chi connectivity index (χ1v) is 8.97. The molecule has 0 saturated carbocycles. The van der Waals surface area contributed by atoms with Gasteiger partial charge in [0.05, 0.1) is 20.6 Å². The number of benzene rings is 2. The summed E-state index contributed by atoms with van der Waals surface area (Å²) in [5, 5.41) is 2.92. The van der Waals surface area contributed by atoms with Crippen LogP contribution in [0.5, 0.6) is 11.5 Å². The normalized spacial score (nSPS) is 13.6. The van der Waals surface area contributed by atoms with Crippen LogP contribution in [0.3, 0.4) is 0 Å². The molecule has 0 aliphatic carbocycles. The number of carbonyl (C=O) groups is 2. The fourth-order valence-electron chi connectivity index (χ4n) is 3.17. The van der Waals surface area contributed by atoms with E-state index in [1.54, 1.807) is 37.3 Å². The second-order valence-corrected chi connectivity index (χ2v) is 6.45. The van der Waals surface area contributed by atoms with Crippen LogP contribution in [-0.2, 0) is 22.6 Å². The van der Waals surface area contributed by atoms with Crippen LogP contribution in [0, 0.1) is 0 Å². The highest BCUT2D eigenvalue weighted by Crippen LogP contribution is 2.24. The molecule has 0 radical (unpaired) electrons. The second-order valence-electron chi connectivity index (χ2n) is 6.45. The standard InChI is InChI=1S/C21H24N2O4/c1-26-18-9-10-19(27-2)16(12-18)13-20(24)22-14-15-5-7-17(8-6-15)23-11-3-4-21(23)25/h5-10,12H,3-4,11,13-14H2,1-2H3,(H,22,24). The van der Waals surface area contributed by atoms with Crippen molar-refractivity contribution < 1.29 is 19.1 Å². The number of anilines is 1. The van der Waals surface area contributed by atoms with E-state index < -0.39 is 0 Å². The zero-order chi connectivity index (χ0) is 19.2. The number of hydrogen-bond acceptors (Lipinski definition) is 4. The molecule has 0 unspecified atom stereocenters. The number of nitrogens with one attached hydrogen (secondary N) is 1. The molecule has 0 bridgehead atoms. The SMILES string of the molecule is COc1ccc(OC)c(CC(=O)NCc2ccc(N3CCCC3=O)cc2)c1. The number of carbonyl (C=O) groups excluding carboxylic acids is 2. The first-order valence-electron chi connectivity index (χ1n) is 8.97. The van der Waals surface area contributed by atoms with Crippen molar-refractivity contribution >= 4 is 17.5 Å². The van der Waals surface area contributed by atoms with Gasteiger partial charge in [0.15, 0.2) is 0 Å². The quantitative estimate of drug-likeness (QED) is 0.816. The molecule has 0 atom stereocenters. The minimum atomic E-state index is -0.0969. The van der Waals surface area contributed by atoms with E-state index in [1.165, 1.54) is 0 Å². The first kappa shape index (κ1) is 18.8. The highest BCUT2D eigenvalue weighted by Gasteiger charge is 2.21. The van der Waals surface area contributed by atoms with Crippen LogP contribution in [0.2, 0.25) is 0 Å². The van der Waals surface area contributed by atoms with Gasteiger partial charge in [0.25, 0.3) is 0 Å². The van der Waals surface area contributed by atoms with Gasteiger partial charge in [-0.1, -0.05) is 12.1 Å². The Balaban J connectivity index is 1.57. The van der Waals surface area contributed by atoms with E-state index in [1.807, 2.05) is 24.3 Å². The average Bonchev–Trinajstić information content (AvgIpc) is 3.12. The van der Waals surface area contributed by atoms with Gasteiger partial charge in [0, 0.05) is 30.8 Å². The summed E-state index contributed by atoms with van der Waals surface area (Å²) in [6, 6.07) is 13.1. The van der Waals surface area contributed by atoms with E-state index in [2.05, 4.69) is 5.32 Å². The zero-order valence-electron chi connectivity index (χ0n) is 15.7. The fourth-order valence-corrected chi connectivity index (χ4v) is 3.17. The van der Waals surface area contributed by atoms with Crippen LogP contribution >= 0.6 is 0 Å². The first-order chi connectivity index (χ1) is 13.1. The Morgan fingerprint density at radius 1 is 1.11 bits per heavy atom. The van der Waals surface area contributed by atoms with Gasteiger partial charge in [-0.2, -0.15) is 0 Å². The van der Waals surface area contributed by atoms with Crippen LogP contribution in [0.15, 0.2) is 42.5 Å². The van der Waals surface area contributed by atoms with Crippen molar-refractivity contribution in [1.29, 1.82) is 0 Å². The highest BCUT2D eigenvalue weighted by atomic mass is 16.5. The molecule has 1 aliphatic rings. The summed E-state index contributed by atoms with van der Waals surface area (Å²) in [6.07, 6.45) is 1.73. The Kier molecular flexibility index (Phi) is 5.96. The monoisotopic (exact) mass is 368 g/mol. The average molecular weight is 368 g/mol. The van der Waals surface area contributed by atoms with Crippen LogP contribution in [0.1, 0.15) is 24.0 Å². The van der Waals surface area contributed by atoms with Crippen LogP contribution < -0.4 is 19.7 Å². The molecule has 2 amide bonds. The van der Waals surface area contributed by atoms with Crippen molar-refractivity contribution in [2.75, 3.05) is 25.7 Å². The number of rotatable bonds is 7. The van der Waals surface area contributed by atoms with E-state index >= 15 is 0 Å². The number of methoxy groups -OCH3 is 2. The molecule has 27 heavy (non-hydrogen) atoms. The maximum atomic E-state index is 12.3. The highest BCUT2D eigenvalue weighted by molar-refractivity contribution is 5.95. The van der Waals surface area contributed by atoms with Gasteiger partial charge in [0.1, 0.15) is 11.5 Å². The minimum absolute atomic E-state index is 0.0969. The Bertz CT molecular complexity index is 817. The summed E-state index contributed by atoms with van der Waals surface area (Å²) in [4.78, 5) is 25.9. The van der Waals surface area contributed by atoms with Crippen LogP contribution in [-0.4, -0.2) is 32.6 Å². The Labute approximate surface area is 159 Å². The zero-order valence-corrected chi connectivity index (χ0v) is 15.7. The maximum Gasteiger partial charge on any atom is 0.227 e. The molecule has 1 saturated heterocycles. The molecule has 1 heterocycles. The van der Waals surface area contributed by atoms with E-state index in [4.69, 9.17) is 9.47 Å². The molecule has 2 aromatic carbocycles. The molecule has 0 spiro atoms. The lowest BCUT2D eigenvalue weighted by atomic mass is 10.1. The molecule has 6 heteroatoms. The van der Waals surface area contributed by atoms with Crippen molar-refractivity contribution in [2.24, 2.45) is 0 Å². The fraction of sp³-hybridized carbons (Fsp3) is 0.333. The number of amides is 2. The maximum absolute atomic E-state index is 12.3. The van der Waals surface area contributed by atoms with E-state index in [-0.39, 0.29) is 18.2 Å². The lowest BCUT2D eigenvalue weighted by Crippen LogP contribution is -2.25. The Morgan fingerprint density at radius 2 is 1.89 bits per heavy atom. The van der Waals surface area contributed by atoms with Crippen LogP contribution in [0.25, 0.3) is 0 Å². The van der Waals surface area contributed by atoms with Gasteiger partial charge in [0.2, 0.25) is 11.8 Å². The molecular formula is C21H24N2O4. The smallest absolute Gasteiger partial charge is 0.227 e. The van der Waals surface area contributed by atoms with Gasteiger partial charge in [-0.3, -0.25) is 9.59 Å². The van der Waals surface area contributed by atoms with Gasteiger partial charge in [-0.25, -0.2) is 0 Å². The largest absolute Gasteiger partial charge is 0.497 e. The molecule has 142 valence electrons. The summed E-state index contributed by atoms with van der Waals surface area (Å²) >= 11 is 0. The van der Waals surface area contributed by atoms with Crippen molar-refractivity contribution in [2.45, 2.75) is 25.8 Å². The molecule has 1 N–H and O–H groups in total. The van der Waals surface area contributed by atoms with Gasteiger partial charge in [-0.05, 0) is 42.3 Å². The summed E-state index contributed by atoms with van der Waals surface area (Å²) in [5.41, 5.74) is 2.67. The summed E-state index contributed by atoms with van der Waals surface area (Å²) in [6.45, 7) is 1.20. The summed E-state index contributed by atoms with van der Waals surface area (Å²) in [5.74, 6) is 1.42. The Morgan fingerprint density at radius 3 is 2.52 bits per heavy atom. The summed E-state index contributed by atoms with van der Waals surface area (Å²) in [7, 11) is 3.17. The molecule has 3 rings (SSSR count). The second kappa shape index (κ2) is 8.58. The lowest BCUT2D eigenvalue weighted by Gasteiger charge is -2.16. The van der Waals surface area contributed by atoms with Crippen molar-refractivity contribution in [1.82, 2.24) is 5.32 Å². The van der Waals surface area contributed by atoms with Gasteiger partial charge >= 0.3 is 0 Å². The van der Waals surface area contributed by atoms with E-state index in [9.17, 15) is 9.59 Å². The van der Waals surface area contributed by atoms with Crippen molar-refractivity contribution in [3.05, 3.63) is 53.6 Å². The molecule has 1 aliphatic heterocycles. The Hall–Kier alpha value is -3.02. The van der Waals surface area contributed by atoms with E-state index in [0.29, 0.717) is 24.5 Å². The third-order valence-electron chi connectivity index (χ3n) is 4.65. The minimum Gasteiger partial charge on any atom is -0.497 e. The number of nitrogens with zero attached hydrogens (tertiary/aromatic N) is 1. The predicted octanol–water partition coefficient (Wildman–Crippen LogP) is 2.69. The third kappa shape index (κ3) is 4.58. The lowest BCUT2D eigenvalue weighted by molar-refractivity contribution is -0.120. The summed E-state index contributed by atoms with van der Waals surface area (Å²) < 4.78 is 10.5. The van der Waals surface area contributed by atoms with Crippen LogP contribution in [0.4, 0.5) is 5.69 Å². The number of hydrogen-bond donors (Lipinski definition) is 1. The molecule has 2 aromatic rings. The van der Waals surface area contributed by atoms with Crippen molar-refractivity contribution in [3.8, 4) is 11.5 Å². The van der Waals surface area contributed by atoms with Gasteiger partial charge in [-0.15, -0.1) is 0 Å². The third-order valence-corrected chi connectivity index (χ3v) is 4.65. The van der Waals surface area contributed by atoms with Crippen molar-refractivity contribution in [3.63, 3.8) is 0 Å².